The van der Waals surface area contributed by atoms with Gasteiger partial charge in [0, 0.05) is 34.1 Å². The van der Waals surface area contributed by atoms with Gasteiger partial charge in [0.25, 0.3) is 0 Å². The number of ether oxygens (including phenoxy) is 1. The minimum absolute atomic E-state index is 0. The van der Waals surface area contributed by atoms with Gasteiger partial charge in [-0.1, -0.05) is 11.8 Å². The molecular formula is C26H22Fe2O-8. The summed E-state index contributed by atoms with van der Waals surface area (Å²) in [5.74, 6) is 5.23. The largest absolute Gasteiger partial charge is 0.748 e. The van der Waals surface area contributed by atoms with Crippen LogP contribution in [0.1, 0.15) is 23.3 Å². The van der Waals surface area contributed by atoms with Gasteiger partial charge in [0.2, 0.25) is 0 Å². The number of terminal acetylenes is 2. The van der Waals surface area contributed by atoms with E-state index in [1.807, 2.05) is 109 Å². The number of hydrogen-bond acceptors (Lipinski definition) is 1. The Morgan fingerprint density at radius 3 is 1.21 bits per heavy atom. The van der Waals surface area contributed by atoms with Gasteiger partial charge in [0.05, 0.1) is 12.2 Å². The third-order valence-electron chi connectivity index (χ3n) is 3.67. The average Bonchev–Trinajstić information content (AvgIpc) is 3.53. The maximum atomic E-state index is 5.77. The van der Waals surface area contributed by atoms with Gasteiger partial charge in [-0.25, -0.2) is 36.4 Å². The van der Waals surface area contributed by atoms with Crippen molar-refractivity contribution in [2.24, 2.45) is 0 Å². The van der Waals surface area contributed by atoms with Crippen molar-refractivity contribution in [3.63, 3.8) is 0 Å². The monoisotopic (exact) mass is 462 g/mol. The third kappa shape index (κ3) is 10.0. The van der Waals surface area contributed by atoms with Crippen LogP contribution < -0.4 is 0 Å². The van der Waals surface area contributed by atoms with E-state index in [-0.39, 0.29) is 34.1 Å². The normalized spacial score (nSPS) is 10.7. The molecule has 0 aliphatic heterocycles. The molecule has 156 valence electrons. The van der Waals surface area contributed by atoms with E-state index in [2.05, 4.69) is 11.8 Å². The molecule has 0 fully saturated rings. The van der Waals surface area contributed by atoms with Gasteiger partial charge in [-0.15, -0.1) is 24.0 Å². The summed E-state index contributed by atoms with van der Waals surface area (Å²) in [5, 5.41) is 0. The molecule has 4 rings (SSSR count). The predicted molar refractivity (Wildman–Crippen MR) is 112 cm³/mol. The van der Waals surface area contributed by atoms with E-state index in [9.17, 15) is 0 Å². The summed E-state index contributed by atoms with van der Waals surface area (Å²) >= 11 is 0. The second-order valence-electron chi connectivity index (χ2n) is 5.59. The molecule has 4 aromatic carbocycles. The van der Waals surface area contributed by atoms with E-state index < -0.39 is 12.2 Å². The Morgan fingerprint density at radius 2 is 0.966 bits per heavy atom. The van der Waals surface area contributed by atoms with Crippen molar-refractivity contribution in [2.45, 2.75) is 12.2 Å². The maximum absolute atomic E-state index is 5.77. The van der Waals surface area contributed by atoms with Crippen LogP contribution in [0.4, 0.5) is 0 Å². The Balaban J connectivity index is 0.000000537. The fourth-order valence-corrected chi connectivity index (χ4v) is 2.33. The Labute approximate surface area is 195 Å². The summed E-state index contributed by atoms with van der Waals surface area (Å²) in [6.07, 6.45) is 10.1. The molecule has 1 nitrogen and oxygen atoms in total. The Bertz CT molecular complexity index is 760. The number of hydrogen-bond donors (Lipinski definition) is 0. The van der Waals surface area contributed by atoms with Crippen LogP contribution in [0.5, 0.6) is 0 Å². The van der Waals surface area contributed by atoms with Gasteiger partial charge in [0.15, 0.2) is 0 Å². The molecule has 0 spiro atoms. The fraction of sp³-hybridized carbons (Fsp3) is 0.0769. The second-order valence-corrected chi connectivity index (χ2v) is 5.59. The minimum Gasteiger partial charge on any atom is -0.748 e. The molecule has 0 aliphatic carbocycles. The smallest absolute Gasteiger partial charge is 0.1000 e. The fourth-order valence-electron chi connectivity index (χ4n) is 2.33. The van der Waals surface area contributed by atoms with Gasteiger partial charge in [-0.05, 0) is 0 Å². The van der Waals surface area contributed by atoms with Crippen molar-refractivity contribution >= 4 is 0 Å². The minimum atomic E-state index is -0.402. The van der Waals surface area contributed by atoms with Gasteiger partial charge in [-0.2, -0.15) is 42.5 Å². The Morgan fingerprint density at radius 1 is 0.621 bits per heavy atom. The zero-order valence-electron chi connectivity index (χ0n) is 15.8. The van der Waals surface area contributed by atoms with Crippen LogP contribution in [0.2, 0.25) is 0 Å². The van der Waals surface area contributed by atoms with E-state index in [0.717, 1.165) is 11.1 Å². The van der Waals surface area contributed by atoms with E-state index in [4.69, 9.17) is 17.6 Å². The van der Waals surface area contributed by atoms with E-state index in [0.29, 0.717) is 0 Å². The van der Waals surface area contributed by atoms with Crippen LogP contribution in [0.15, 0.2) is 109 Å². The molecule has 0 radical (unpaired) electrons. The SMILES string of the molecule is C#CC(OC(C#C)[c-]1cccc1)[c-]1cccc1.[Fe].[Fe].[cH-]1[cH-][cH-][cH-][cH-]1.c1cc[cH-]c1. The molecule has 0 bridgehead atoms. The quantitative estimate of drug-likeness (QED) is 0.206. The maximum Gasteiger partial charge on any atom is 0.1000 e. The van der Waals surface area contributed by atoms with Crippen molar-refractivity contribution in [2.75, 3.05) is 0 Å². The summed E-state index contributed by atoms with van der Waals surface area (Å²) < 4.78 is 5.77. The third-order valence-corrected chi connectivity index (χ3v) is 3.67. The van der Waals surface area contributed by atoms with Gasteiger partial charge >= 0.3 is 0 Å². The average molecular weight is 462 g/mol. The zero-order chi connectivity index (χ0) is 19.2. The van der Waals surface area contributed by atoms with E-state index >= 15 is 0 Å². The molecule has 0 N–H and O–H groups in total. The van der Waals surface area contributed by atoms with Gasteiger partial charge in [-0.3, -0.25) is 0 Å². The molecule has 0 saturated carbocycles. The molecule has 0 amide bonds. The molecule has 0 aliphatic rings. The molecule has 3 heteroatoms. The van der Waals surface area contributed by atoms with Crippen LogP contribution in [-0.4, -0.2) is 0 Å². The van der Waals surface area contributed by atoms with Gasteiger partial charge < -0.3 is 35.1 Å². The van der Waals surface area contributed by atoms with Crippen molar-refractivity contribution in [1.29, 1.82) is 0 Å². The molecule has 4 aromatic rings. The van der Waals surface area contributed by atoms with Crippen molar-refractivity contribution in [3.05, 3.63) is 120 Å². The summed E-state index contributed by atoms with van der Waals surface area (Å²) in [6.45, 7) is 0. The standard InChI is InChI=1S/C16H12O.2C5H5.2Fe/c1-3-15(13-9-5-6-10-13)17-16(4-2)14-11-7-8-12-14;2*1-2-4-5-3-1;;/h1-2,5-12,15-16H;2*1-5H;;/q-2;-5;-1;;. The predicted octanol–water partition coefficient (Wildman–Crippen LogP) is 6.00. The molecular weight excluding hydrogens is 440 g/mol. The molecule has 2 unspecified atom stereocenters. The summed E-state index contributed by atoms with van der Waals surface area (Å²) in [7, 11) is 0. The van der Waals surface area contributed by atoms with E-state index in [1.165, 1.54) is 0 Å². The van der Waals surface area contributed by atoms with Crippen LogP contribution in [0, 0.1) is 24.7 Å². The summed E-state index contributed by atoms with van der Waals surface area (Å²) in [4.78, 5) is 0. The van der Waals surface area contributed by atoms with Gasteiger partial charge in [0.1, 0.15) is 0 Å². The topological polar surface area (TPSA) is 9.23 Å². The summed E-state index contributed by atoms with van der Waals surface area (Å²) in [6, 6.07) is 35.4. The molecule has 0 saturated heterocycles. The molecule has 29 heavy (non-hydrogen) atoms. The van der Waals surface area contributed by atoms with E-state index in [1.54, 1.807) is 0 Å². The second kappa shape index (κ2) is 16.5. The van der Waals surface area contributed by atoms with Crippen LogP contribution in [0.3, 0.4) is 0 Å². The first-order valence-electron chi connectivity index (χ1n) is 8.69. The van der Waals surface area contributed by atoms with Crippen molar-refractivity contribution in [3.8, 4) is 24.7 Å². The molecule has 2 atom stereocenters. The van der Waals surface area contributed by atoms with Crippen molar-refractivity contribution < 1.29 is 38.9 Å². The van der Waals surface area contributed by atoms with Crippen LogP contribution >= 0.6 is 0 Å². The summed E-state index contributed by atoms with van der Waals surface area (Å²) in [5.41, 5.74) is 1.92. The molecule has 0 heterocycles. The zero-order valence-corrected chi connectivity index (χ0v) is 18.0. The number of rotatable bonds is 4. The van der Waals surface area contributed by atoms with Crippen LogP contribution in [0.25, 0.3) is 0 Å². The van der Waals surface area contributed by atoms with Crippen LogP contribution in [-0.2, 0) is 38.9 Å². The first-order valence-corrected chi connectivity index (χ1v) is 8.69. The Kier molecular flexibility index (Phi) is 15.1. The van der Waals surface area contributed by atoms with Crippen molar-refractivity contribution in [1.82, 2.24) is 0 Å². The Hall–Kier alpha value is -2.48. The first kappa shape index (κ1) is 26.5. The molecule has 0 aromatic heterocycles. The first-order chi connectivity index (χ1) is 13.3.